The topological polar surface area (TPSA) is 36.4 Å². The molecule has 1 aliphatic rings. The Bertz CT molecular complexity index is 579. The maximum absolute atomic E-state index is 10.4. The number of thiophene rings is 1. The van der Waals surface area contributed by atoms with E-state index < -0.39 is 0 Å². The number of likely N-dealkylation sites (tertiary alicyclic amines) is 1. The van der Waals surface area contributed by atoms with Crippen LogP contribution in [0.3, 0.4) is 0 Å². The summed E-state index contributed by atoms with van der Waals surface area (Å²) in [7, 11) is 0. The van der Waals surface area contributed by atoms with E-state index in [4.69, 9.17) is 0 Å². The van der Waals surface area contributed by atoms with Crippen LogP contribution in [0.2, 0.25) is 0 Å². The van der Waals surface area contributed by atoms with Crippen LogP contribution in [0.4, 0.5) is 0 Å². The number of aliphatic hydroxyl groups excluding tert-OH is 1. The van der Waals surface area contributed by atoms with Crippen LogP contribution < -0.4 is 0 Å². The number of nitrogens with zero attached hydrogens (tertiary/aromatic N) is 2. The Morgan fingerprint density at radius 1 is 1.45 bits per heavy atom. The highest BCUT2D eigenvalue weighted by Crippen LogP contribution is 2.31. The van der Waals surface area contributed by atoms with Gasteiger partial charge in [0.1, 0.15) is 0 Å². The van der Waals surface area contributed by atoms with Gasteiger partial charge < -0.3 is 5.11 Å². The fourth-order valence-corrected chi connectivity index (χ4v) is 4.76. The molecule has 3 heterocycles. The van der Waals surface area contributed by atoms with Crippen molar-refractivity contribution in [1.82, 2.24) is 9.88 Å². The van der Waals surface area contributed by atoms with Gasteiger partial charge in [-0.1, -0.05) is 19.9 Å². The number of aromatic nitrogens is 1. The van der Waals surface area contributed by atoms with Crippen molar-refractivity contribution in [3.63, 3.8) is 0 Å². The zero-order valence-corrected chi connectivity index (χ0v) is 14.9. The molecule has 1 fully saturated rings. The number of aliphatic hydroxyl groups is 1. The zero-order chi connectivity index (χ0) is 15.5. The molecular weight excluding hydrogens is 312 g/mol. The third kappa shape index (κ3) is 3.77. The standard InChI is InChI=1S/C17H24N2OS2/c1-12(2)17-18-10-14(22-17)11-19-7-3-5-13(19)9-15(20)16-6-4-8-21-16/h4,6,8,10,12-13,15,20H,3,5,7,9,11H2,1-2H3. The Kier molecular flexibility index (Phi) is 5.29. The van der Waals surface area contributed by atoms with Gasteiger partial charge in [0, 0.05) is 34.5 Å². The van der Waals surface area contributed by atoms with Crippen molar-refractivity contribution in [2.75, 3.05) is 6.54 Å². The van der Waals surface area contributed by atoms with E-state index in [1.165, 1.54) is 22.7 Å². The smallest absolute Gasteiger partial charge is 0.0953 e. The average Bonchev–Trinajstić information content (AvgIpc) is 3.20. The molecule has 0 aromatic carbocycles. The van der Waals surface area contributed by atoms with Crippen LogP contribution in [0.1, 0.15) is 59.9 Å². The van der Waals surface area contributed by atoms with E-state index in [1.807, 2.05) is 35.0 Å². The second-order valence-electron chi connectivity index (χ2n) is 6.35. The van der Waals surface area contributed by atoms with Crippen molar-refractivity contribution in [2.24, 2.45) is 0 Å². The molecule has 1 aliphatic heterocycles. The third-order valence-electron chi connectivity index (χ3n) is 4.29. The Labute approximate surface area is 140 Å². The summed E-state index contributed by atoms with van der Waals surface area (Å²) in [4.78, 5) is 9.49. The Morgan fingerprint density at radius 3 is 3.00 bits per heavy atom. The van der Waals surface area contributed by atoms with Crippen LogP contribution >= 0.6 is 22.7 Å². The maximum Gasteiger partial charge on any atom is 0.0953 e. The minimum atomic E-state index is -0.321. The molecule has 120 valence electrons. The summed E-state index contributed by atoms with van der Waals surface area (Å²) in [5.74, 6) is 0.508. The lowest BCUT2D eigenvalue weighted by atomic mass is 10.1. The normalized spacial score (nSPS) is 20.8. The maximum atomic E-state index is 10.4. The van der Waals surface area contributed by atoms with Gasteiger partial charge in [-0.2, -0.15) is 0 Å². The lowest BCUT2D eigenvalue weighted by Crippen LogP contribution is -2.30. The molecule has 1 saturated heterocycles. The van der Waals surface area contributed by atoms with Crippen molar-refractivity contribution < 1.29 is 5.11 Å². The Morgan fingerprint density at radius 2 is 2.32 bits per heavy atom. The first-order chi connectivity index (χ1) is 10.6. The van der Waals surface area contributed by atoms with E-state index >= 15 is 0 Å². The lowest BCUT2D eigenvalue weighted by Gasteiger charge is -2.25. The SMILES string of the molecule is CC(C)c1ncc(CN2CCCC2CC(O)c2cccs2)s1. The first kappa shape index (κ1) is 16.1. The molecule has 2 aromatic rings. The number of thiazole rings is 1. The predicted molar refractivity (Wildman–Crippen MR) is 93.5 cm³/mol. The summed E-state index contributed by atoms with van der Waals surface area (Å²) in [5.41, 5.74) is 0. The number of hydrogen-bond acceptors (Lipinski definition) is 5. The highest BCUT2D eigenvalue weighted by atomic mass is 32.1. The molecule has 0 amide bonds. The van der Waals surface area contributed by atoms with E-state index in [2.05, 4.69) is 23.7 Å². The second-order valence-corrected chi connectivity index (χ2v) is 8.48. The van der Waals surface area contributed by atoms with Crippen molar-refractivity contribution in [2.45, 2.75) is 57.7 Å². The molecule has 0 radical (unpaired) electrons. The van der Waals surface area contributed by atoms with E-state index in [-0.39, 0.29) is 6.10 Å². The van der Waals surface area contributed by atoms with Crippen LogP contribution in [-0.4, -0.2) is 27.6 Å². The van der Waals surface area contributed by atoms with Crippen LogP contribution in [0.25, 0.3) is 0 Å². The minimum absolute atomic E-state index is 0.321. The summed E-state index contributed by atoms with van der Waals surface area (Å²) >= 11 is 3.48. The van der Waals surface area contributed by atoms with Gasteiger partial charge in [0.2, 0.25) is 0 Å². The quantitative estimate of drug-likeness (QED) is 0.848. The molecule has 0 saturated carbocycles. The van der Waals surface area contributed by atoms with Crippen molar-refractivity contribution >= 4 is 22.7 Å². The number of hydrogen-bond donors (Lipinski definition) is 1. The molecule has 1 N–H and O–H groups in total. The van der Waals surface area contributed by atoms with E-state index in [0.29, 0.717) is 12.0 Å². The molecule has 2 atom stereocenters. The minimum Gasteiger partial charge on any atom is -0.388 e. The van der Waals surface area contributed by atoms with Gasteiger partial charge in [0.05, 0.1) is 11.1 Å². The van der Waals surface area contributed by atoms with Gasteiger partial charge in [-0.05, 0) is 37.3 Å². The fraction of sp³-hybridized carbons (Fsp3) is 0.588. The largest absolute Gasteiger partial charge is 0.388 e. The van der Waals surface area contributed by atoms with Crippen molar-refractivity contribution in [1.29, 1.82) is 0 Å². The van der Waals surface area contributed by atoms with Gasteiger partial charge in [-0.15, -0.1) is 22.7 Å². The van der Waals surface area contributed by atoms with Gasteiger partial charge in [-0.25, -0.2) is 4.98 Å². The Balaban J connectivity index is 1.60. The molecule has 2 unspecified atom stereocenters. The lowest BCUT2D eigenvalue weighted by molar-refractivity contribution is 0.121. The van der Waals surface area contributed by atoms with Gasteiger partial charge in [0.25, 0.3) is 0 Å². The highest BCUT2D eigenvalue weighted by molar-refractivity contribution is 7.11. The third-order valence-corrected chi connectivity index (χ3v) is 6.55. The first-order valence-corrected chi connectivity index (χ1v) is 9.73. The Hall–Kier alpha value is -0.750. The molecule has 0 bridgehead atoms. The summed E-state index contributed by atoms with van der Waals surface area (Å²) in [6.07, 6.45) is 4.98. The summed E-state index contributed by atoms with van der Waals surface area (Å²) in [6, 6.07) is 4.54. The predicted octanol–water partition coefficient (Wildman–Crippen LogP) is 4.42. The first-order valence-electron chi connectivity index (χ1n) is 8.03. The zero-order valence-electron chi connectivity index (χ0n) is 13.2. The molecule has 0 spiro atoms. The average molecular weight is 337 g/mol. The number of rotatable bonds is 6. The molecule has 3 nitrogen and oxygen atoms in total. The van der Waals surface area contributed by atoms with Crippen LogP contribution in [0.15, 0.2) is 23.7 Å². The highest BCUT2D eigenvalue weighted by Gasteiger charge is 2.28. The molecule has 2 aromatic heterocycles. The second kappa shape index (κ2) is 7.21. The summed E-state index contributed by atoms with van der Waals surface area (Å²) in [5, 5.41) is 13.7. The molecule has 5 heteroatoms. The van der Waals surface area contributed by atoms with Crippen LogP contribution in [-0.2, 0) is 6.54 Å². The van der Waals surface area contributed by atoms with Gasteiger partial charge in [0.15, 0.2) is 0 Å². The van der Waals surface area contributed by atoms with E-state index in [0.717, 1.165) is 24.4 Å². The molecular formula is C17H24N2OS2. The van der Waals surface area contributed by atoms with Crippen LogP contribution in [0, 0.1) is 0 Å². The van der Waals surface area contributed by atoms with Gasteiger partial charge >= 0.3 is 0 Å². The summed E-state index contributed by atoms with van der Waals surface area (Å²) in [6.45, 7) is 6.50. The fourth-order valence-electron chi connectivity index (χ4n) is 3.09. The van der Waals surface area contributed by atoms with E-state index in [1.54, 1.807) is 11.3 Å². The van der Waals surface area contributed by atoms with Gasteiger partial charge in [-0.3, -0.25) is 4.90 Å². The van der Waals surface area contributed by atoms with Crippen molar-refractivity contribution in [3.8, 4) is 0 Å². The molecule has 0 aliphatic carbocycles. The van der Waals surface area contributed by atoms with Crippen LogP contribution in [0.5, 0.6) is 0 Å². The molecule has 3 rings (SSSR count). The van der Waals surface area contributed by atoms with E-state index in [9.17, 15) is 5.11 Å². The monoisotopic (exact) mass is 336 g/mol. The van der Waals surface area contributed by atoms with Crippen molar-refractivity contribution in [3.05, 3.63) is 38.5 Å². The summed E-state index contributed by atoms with van der Waals surface area (Å²) < 4.78 is 0. The molecule has 22 heavy (non-hydrogen) atoms.